The Morgan fingerprint density at radius 2 is 1.67 bits per heavy atom. The second-order valence-electron chi connectivity index (χ2n) is 7.72. The van der Waals surface area contributed by atoms with Crippen molar-refractivity contribution in [2.45, 2.75) is 31.3 Å². The van der Waals surface area contributed by atoms with E-state index in [2.05, 4.69) is 17.4 Å². The van der Waals surface area contributed by atoms with Gasteiger partial charge in [0.1, 0.15) is 11.4 Å². The quantitative estimate of drug-likeness (QED) is 0.819. The Morgan fingerprint density at radius 3 is 2.30 bits per heavy atom. The van der Waals surface area contributed by atoms with E-state index < -0.39 is 0 Å². The van der Waals surface area contributed by atoms with Crippen LogP contribution in [0.15, 0.2) is 36.4 Å². The van der Waals surface area contributed by atoms with Crippen LogP contribution in [0.3, 0.4) is 0 Å². The highest BCUT2D eigenvalue weighted by atomic mass is 16.5. The average Bonchev–Trinajstić information content (AvgIpc) is 2.78. The number of ether oxygens (including phenoxy) is 4. The van der Waals surface area contributed by atoms with Gasteiger partial charge >= 0.3 is 6.03 Å². The minimum Gasteiger partial charge on any atom is -0.493 e. The van der Waals surface area contributed by atoms with Gasteiger partial charge in [-0.2, -0.15) is 0 Å². The van der Waals surface area contributed by atoms with Crippen LogP contribution in [0.2, 0.25) is 0 Å². The maximum absolute atomic E-state index is 12.9. The minimum absolute atomic E-state index is 0.143. The Balaban J connectivity index is 1.41. The molecule has 7 nitrogen and oxygen atoms in total. The van der Waals surface area contributed by atoms with Gasteiger partial charge in [-0.15, -0.1) is 0 Å². The molecule has 160 valence electrons. The summed E-state index contributed by atoms with van der Waals surface area (Å²) in [6, 6.07) is 11.5. The zero-order valence-corrected chi connectivity index (χ0v) is 17.7. The highest BCUT2D eigenvalue weighted by Gasteiger charge is 2.40. The Hall–Kier alpha value is -3.09. The first-order valence-electron chi connectivity index (χ1n) is 10.2. The van der Waals surface area contributed by atoms with E-state index in [9.17, 15) is 4.79 Å². The number of carbonyl (C=O) groups is 1. The monoisotopic (exact) mass is 412 g/mol. The van der Waals surface area contributed by atoms with Crippen LogP contribution in [0.1, 0.15) is 24.8 Å². The number of amides is 2. The van der Waals surface area contributed by atoms with Crippen LogP contribution in [-0.2, 0) is 6.42 Å². The number of anilines is 1. The zero-order valence-electron chi connectivity index (χ0n) is 17.7. The van der Waals surface area contributed by atoms with E-state index in [1.165, 1.54) is 5.56 Å². The second kappa shape index (κ2) is 8.34. The molecule has 0 aliphatic carbocycles. The standard InChI is InChI=1S/C23H28N2O5/c1-27-19-14-17(15-20(28-2)21(19)29-3)24-22(26)25-12-10-23(11-13-25)9-8-16-6-4-5-7-18(16)30-23/h4-7,14-15H,8-13H2,1-3H3,(H,24,26). The van der Waals surface area contributed by atoms with Gasteiger partial charge in [0.15, 0.2) is 11.5 Å². The number of methoxy groups -OCH3 is 3. The van der Waals surface area contributed by atoms with E-state index in [1.54, 1.807) is 33.5 Å². The van der Waals surface area contributed by atoms with E-state index in [-0.39, 0.29) is 11.6 Å². The molecule has 0 atom stereocenters. The molecule has 1 saturated heterocycles. The number of hydrogen-bond acceptors (Lipinski definition) is 5. The molecule has 1 fully saturated rings. The summed E-state index contributed by atoms with van der Waals surface area (Å²) in [6.45, 7) is 1.30. The molecule has 2 aliphatic heterocycles. The van der Waals surface area contributed by atoms with Crippen molar-refractivity contribution in [3.63, 3.8) is 0 Å². The second-order valence-corrected chi connectivity index (χ2v) is 7.72. The van der Waals surface area contributed by atoms with Crippen molar-refractivity contribution in [1.82, 2.24) is 4.90 Å². The summed E-state index contributed by atoms with van der Waals surface area (Å²) in [5.41, 5.74) is 1.70. The van der Waals surface area contributed by atoms with Gasteiger partial charge in [-0.25, -0.2) is 4.79 Å². The number of aryl methyl sites for hydroxylation is 1. The number of hydrogen-bond donors (Lipinski definition) is 1. The van der Waals surface area contributed by atoms with E-state index >= 15 is 0 Å². The van der Waals surface area contributed by atoms with Crippen molar-refractivity contribution < 1.29 is 23.7 Å². The molecule has 2 amide bonds. The molecule has 2 aromatic carbocycles. The molecule has 0 unspecified atom stereocenters. The molecule has 1 spiro atoms. The van der Waals surface area contributed by atoms with Gasteiger partial charge in [0.25, 0.3) is 0 Å². The van der Waals surface area contributed by atoms with Crippen molar-refractivity contribution in [2.24, 2.45) is 0 Å². The van der Waals surface area contributed by atoms with E-state index in [0.717, 1.165) is 31.4 Å². The van der Waals surface area contributed by atoms with Gasteiger partial charge in [-0.1, -0.05) is 18.2 Å². The fourth-order valence-corrected chi connectivity index (χ4v) is 4.28. The van der Waals surface area contributed by atoms with Crippen molar-refractivity contribution in [1.29, 1.82) is 0 Å². The van der Waals surface area contributed by atoms with Crippen LogP contribution in [0, 0.1) is 0 Å². The number of carbonyl (C=O) groups excluding carboxylic acids is 1. The Bertz CT molecular complexity index is 897. The largest absolute Gasteiger partial charge is 0.493 e. The average molecular weight is 412 g/mol. The minimum atomic E-state index is -0.169. The first-order valence-corrected chi connectivity index (χ1v) is 10.2. The number of benzene rings is 2. The van der Waals surface area contributed by atoms with Crippen LogP contribution < -0.4 is 24.3 Å². The number of nitrogens with one attached hydrogen (secondary N) is 1. The van der Waals surface area contributed by atoms with Crippen LogP contribution in [0.4, 0.5) is 10.5 Å². The lowest BCUT2D eigenvalue weighted by Crippen LogP contribution is -2.52. The first kappa shape index (κ1) is 20.2. The molecule has 2 aliphatic rings. The Labute approximate surface area is 176 Å². The van der Waals surface area contributed by atoms with E-state index in [1.807, 2.05) is 17.0 Å². The third-order valence-corrected chi connectivity index (χ3v) is 6.03. The molecule has 0 radical (unpaired) electrons. The highest BCUT2D eigenvalue weighted by molar-refractivity contribution is 5.90. The third kappa shape index (κ3) is 3.84. The van der Waals surface area contributed by atoms with Crippen LogP contribution in [0.25, 0.3) is 0 Å². The molecule has 2 heterocycles. The number of urea groups is 1. The molecule has 1 N–H and O–H groups in total. The summed E-state index contributed by atoms with van der Waals surface area (Å²) in [6.07, 6.45) is 3.66. The smallest absolute Gasteiger partial charge is 0.321 e. The summed E-state index contributed by atoms with van der Waals surface area (Å²) in [5.74, 6) is 2.48. The fourth-order valence-electron chi connectivity index (χ4n) is 4.28. The molecular weight excluding hydrogens is 384 g/mol. The topological polar surface area (TPSA) is 69.3 Å². The summed E-state index contributed by atoms with van der Waals surface area (Å²) in [5, 5.41) is 2.95. The predicted octanol–water partition coefficient (Wildman–Crippen LogP) is 4.10. The van der Waals surface area contributed by atoms with Crippen LogP contribution >= 0.6 is 0 Å². The van der Waals surface area contributed by atoms with Gasteiger partial charge in [-0.05, 0) is 24.5 Å². The van der Waals surface area contributed by atoms with Crippen molar-refractivity contribution in [2.75, 3.05) is 39.7 Å². The Morgan fingerprint density at radius 1 is 1.00 bits per heavy atom. The molecule has 30 heavy (non-hydrogen) atoms. The fraction of sp³-hybridized carbons (Fsp3) is 0.435. The van der Waals surface area contributed by atoms with Crippen LogP contribution in [-0.4, -0.2) is 51.0 Å². The normalized spacial score (nSPS) is 17.0. The van der Waals surface area contributed by atoms with E-state index in [4.69, 9.17) is 18.9 Å². The van der Waals surface area contributed by atoms with Gasteiger partial charge in [-0.3, -0.25) is 0 Å². The SMILES string of the molecule is COc1cc(NC(=O)N2CCC3(CCc4ccccc4O3)CC2)cc(OC)c1OC. The maximum Gasteiger partial charge on any atom is 0.321 e. The summed E-state index contributed by atoms with van der Waals surface area (Å²) in [7, 11) is 4.65. The lowest BCUT2D eigenvalue weighted by Gasteiger charge is -2.44. The lowest BCUT2D eigenvalue weighted by molar-refractivity contribution is -0.00435. The number of fused-ring (bicyclic) bond motifs is 1. The van der Waals surface area contributed by atoms with Gasteiger partial charge in [0.2, 0.25) is 5.75 Å². The van der Waals surface area contributed by atoms with Crippen LogP contribution in [0.5, 0.6) is 23.0 Å². The lowest BCUT2D eigenvalue weighted by atomic mass is 9.83. The molecular formula is C23H28N2O5. The number of piperidine rings is 1. The van der Waals surface area contributed by atoms with Crippen molar-refractivity contribution >= 4 is 11.7 Å². The first-order chi connectivity index (χ1) is 14.6. The number of nitrogens with zero attached hydrogens (tertiary/aromatic N) is 1. The zero-order chi connectivity index (χ0) is 21.1. The van der Waals surface area contributed by atoms with E-state index in [0.29, 0.717) is 36.0 Å². The molecule has 4 rings (SSSR count). The molecule has 0 aromatic heterocycles. The molecule has 7 heteroatoms. The molecule has 2 aromatic rings. The number of para-hydroxylation sites is 1. The summed E-state index contributed by atoms with van der Waals surface area (Å²) >= 11 is 0. The van der Waals surface area contributed by atoms with Gasteiger partial charge in [0, 0.05) is 38.1 Å². The third-order valence-electron chi connectivity index (χ3n) is 6.03. The van der Waals surface area contributed by atoms with Crippen molar-refractivity contribution in [3.05, 3.63) is 42.0 Å². The molecule has 0 saturated carbocycles. The number of likely N-dealkylation sites (tertiary alicyclic amines) is 1. The van der Waals surface area contributed by atoms with Gasteiger partial charge < -0.3 is 29.2 Å². The predicted molar refractivity (Wildman–Crippen MR) is 114 cm³/mol. The molecule has 0 bridgehead atoms. The highest BCUT2D eigenvalue weighted by Crippen LogP contribution is 2.41. The maximum atomic E-state index is 12.9. The van der Waals surface area contributed by atoms with Gasteiger partial charge in [0.05, 0.1) is 27.0 Å². The van der Waals surface area contributed by atoms with Crippen molar-refractivity contribution in [3.8, 4) is 23.0 Å². The summed E-state index contributed by atoms with van der Waals surface area (Å²) < 4.78 is 22.5. The number of rotatable bonds is 4. The summed E-state index contributed by atoms with van der Waals surface area (Å²) in [4.78, 5) is 14.7. The Kier molecular flexibility index (Phi) is 5.61.